The van der Waals surface area contributed by atoms with Crippen molar-refractivity contribution in [2.75, 3.05) is 24.6 Å². The number of carbonyl (C=O) groups is 1. The average Bonchev–Trinajstić information content (AvgIpc) is 2.41. The van der Waals surface area contributed by atoms with Crippen molar-refractivity contribution in [2.45, 2.75) is 46.1 Å². The first-order chi connectivity index (χ1) is 9.49. The van der Waals surface area contributed by atoms with Crippen LogP contribution in [0.15, 0.2) is 18.2 Å². The smallest absolute Gasteiger partial charge is 0.241 e. The van der Waals surface area contributed by atoms with Crippen molar-refractivity contribution in [2.24, 2.45) is 0 Å². The number of amides is 1. The Hall–Kier alpha value is -1.55. The maximum atomic E-state index is 12.4. The van der Waals surface area contributed by atoms with Gasteiger partial charge in [-0.1, -0.05) is 26.3 Å². The van der Waals surface area contributed by atoms with Crippen LogP contribution < -0.4 is 11.1 Å². The third kappa shape index (κ3) is 4.53. The van der Waals surface area contributed by atoms with Gasteiger partial charge in [0.05, 0.1) is 6.04 Å². The van der Waals surface area contributed by atoms with E-state index < -0.39 is 0 Å². The molecule has 0 aliphatic heterocycles. The van der Waals surface area contributed by atoms with Crippen LogP contribution in [0.3, 0.4) is 0 Å². The zero-order chi connectivity index (χ0) is 15.1. The predicted molar refractivity (Wildman–Crippen MR) is 85.8 cm³/mol. The van der Waals surface area contributed by atoms with Gasteiger partial charge in [-0.15, -0.1) is 0 Å². The van der Waals surface area contributed by atoms with Crippen molar-refractivity contribution >= 4 is 17.3 Å². The Kier molecular flexibility index (Phi) is 6.52. The van der Waals surface area contributed by atoms with Crippen LogP contribution in [0.1, 0.15) is 38.7 Å². The molecule has 0 spiro atoms. The van der Waals surface area contributed by atoms with Crippen LogP contribution in [0, 0.1) is 6.92 Å². The highest BCUT2D eigenvalue weighted by Gasteiger charge is 2.20. The van der Waals surface area contributed by atoms with Gasteiger partial charge in [-0.05, 0) is 51.1 Å². The van der Waals surface area contributed by atoms with E-state index in [0.717, 1.165) is 37.1 Å². The lowest BCUT2D eigenvalue weighted by molar-refractivity contribution is -0.121. The van der Waals surface area contributed by atoms with Gasteiger partial charge in [0.25, 0.3) is 0 Å². The molecule has 0 heterocycles. The highest BCUT2D eigenvalue weighted by Crippen LogP contribution is 2.18. The Morgan fingerprint density at radius 3 is 2.65 bits per heavy atom. The molecule has 0 aliphatic rings. The van der Waals surface area contributed by atoms with Crippen LogP contribution in [0.5, 0.6) is 0 Å². The first-order valence-corrected chi connectivity index (χ1v) is 7.36. The van der Waals surface area contributed by atoms with E-state index in [4.69, 9.17) is 5.73 Å². The van der Waals surface area contributed by atoms with Gasteiger partial charge in [-0.3, -0.25) is 9.69 Å². The van der Waals surface area contributed by atoms with Gasteiger partial charge in [0.2, 0.25) is 5.91 Å². The number of nitrogens with one attached hydrogen (secondary N) is 1. The number of likely N-dealkylation sites (N-methyl/N-ethyl adjacent to an activating group) is 1. The molecule has 0 fully saturated rings. The van der Waals surface area contributed by atoms with E-state index in [9.17, 15) is 4.79 Å². The lowest BCUT2D eigenvalue weighted by Crippen LogP contribution is -2.41. The molecule has 1 atom stereocenters. The van der Waals surface area contributed by atoms with Crippen molar-refractivity contribution in [1.29, 1.82) is 0 Å². The summed E-state index contributed by atoms with van der Waals surface area (Å²) >= 11 is 0. The maximum absolute atomic E-state index is 12.4. The molecule has 1 aromatic carbocycles. The summed E-state index contributed by atoms with van der Waals surface area (Å²) in [5.41, 5.74) is 8.36. The number of aryl methyl sites for hydroxylation is 1. The molecule has 1 aromatic rings. The van der Waals surface area contributed by atoms with Crippen LogP contribution in [0.2, 0.25) is 0 Å². The zero-order valence-electron chi connectivity index (χ0n) is 13.1. The normalized spacial score (nSPS) is 12.4. The summed E-state index contributed by atoms with van der Waals surface area (Å²) in [5.74, 6) is 0.0364. The number of hydrogen-bond donors (Lipinski definition) is 2. The molecule has 0 aliphatic carbocycles. The van der Waals surface area contributed by atoms with E-state index in [0.29, 0.717) is 5.69 Å². The summed E-state index contributed by atoms with van der Waals surface area (Å²) < 4.78 is 0. The molecule has 0 saturated carbocycles. The molecule has 0 radical (unpaired) electrons. The second-order valence-electron chi connectivity index (χ2n) is 5.32. The van der Waals surface area contributed by atoms with Gasteiger partial charge in [-0.25, -0.2) is 0 Å². The van der Waals surface area contributed by atoms with Crippen molar-refractivity contribution in [3.63, 3.8) is 0 Å². The van der Waals surface area contributed by atoms with Crippen LogP contribution in [-0.2, 0) is 4.79 Å². The van der Waals surface area contributed by atoms with Crippen LogP contribution in [0.4, 0.5) is 11.4 Å². The molecular formula is C16H27N3O. The van der Waals surface area contributed by atoms with Crippen molar-refractivity contribution in [3.8, 4) is 0 Å². The lowest BCUT2D eigenvalue weighted by Gasteiger charge is -2.26. The number of hydrogen-bond acceptors (Lipinski definition) is 3. The molecule has 3 N–H and O–H groups in total. The molecule has 4 heteroatoms. The number of carbonyl (C=O) groups excluding carboxylic acids is 1. The summed E-state index contributed by atoms with van der Waals surface area (Å²) in [6, 6.07) is 5.53. The number of nitrogen functional groups attached to an aromatic ring is 1. The number of anilines is 2. The minimum atomic E-state index is -0.0934. The second kappa shape index (κ2) is 7.90. The topological polar surface area (TPSA) is 58.4 Å². The quantitative estimate of drug-likeness (QED) is 0.753. The van der Waals surface area contributed by atoms with Crippen molar-refractivity contribution in [1.82, 2.24) is 4.90 Å². The third-order valence-electron chi connectivity index (χ3n) is 3.63. The summed E-state index contributed by atoms with van der Waals surface area (Å²) in [7, 11) is 2.01. The Labute approximate surface area is 122 Å². The summed E-state index contributed by atoms with van der Waals surface area (Å²) in [6.07, 6.45) is 3.04. The zero-order valence-corrected chi connectivity index (χ0v) is 13.1. The Morgan fingerprint density at radius 1 is 1.40 bits per heavy atom. The minimum absolute atomic E-state index is 0.0364. The van der Waals surface area contributed by atoms with Gasteiger partial charge in [0.1, 0.15) is 0 Å². The highest BCUT2D eigenvalue weighted by molar-refractivity contribution is 5.95. The second-order valence-corrected chi connectivity index (χ2v) is 5.32. The van der Waals surface area contributed by atoms with Crippen LogP contribution in [0.25, 0.3) is 0 Å². The van der Waals surface area contributed by atoms with Gasteiger partial charge in [-0.2, -0.15) is 0 Å². The Balaban J connectivity index is 2.69. The Morgan fingerprint density at radius 2 is 2.10 bits per heavy atom. The van der Waals surface area contributed by atoms with Crippen LogP contribution in [-0.4, -0.2) is 30.4 Å². The first-order valence-electron chi connectivity index (χ1n) is 7.36. The number of nitrogens with zero attached hydrogens (tertiary/aromatic N) is 1. The monoisotopic (exact) mass is 277 g/mol. The predicted octanol–water partition coefficient (Wildman–Crippen LogP) is 3.03. The van der Waals surface area contributed by atoms with Crippen LogP contribution >= 0.6 is 0 Å². The van der Waals surface area contributed by atoms with Gasteiger partial charge in [0.15, 0.2) is 0 Å². The standard InChI is InChI=1S/C16H27N3O/c1-5-7-10-19(4)15(6-2)16(20)18-13-9-8-12(3)14(17)11-13/h8-9,11,15H,5-7,10,17H2,1-4H3,(H,18,20). The van der Waals surface area contributed by atoms with E-state index in [2.05, 4.69) is 17.1 Å². The van der Waals surface area contributed by atoms with E-state index in [-0.39, 0.29) is 11.9 Å². The largest absolute Gasteiger partial charge is 0.398 e. The van der Waals surface area contributed by atoms with Crippen molar-refractivity contribution in [3.05, 3.63) is 23.8 Å². The summed E-state index contributed by atoms with van der Waals surface area (Å²) in [6.45, 7) is 7.09. The fourth-order valence-electron chi connectivity index (χ4n) is 2.20. The lowest BCUT2D eigenvalue weighted by atomic mass is 10.1. The molecule has 4 nitrogen and oxygen atoms in total. The average molecular weight is 277 g/mol. The highest BCUT2D eigenvalue weighted by atomic mass is 16.2. The molecule has 0 saturated heterocycles. The Bertz CT molecular complexity index is 445. The summed E-state index contributed by atoms with van der Waals surface area (Å²) in [4.78, 5) is 14.5. The number of unbranched alkanes of at least 4 members (excludes halogenated alkanes) is 1. The van der Waals surface area contributed by atoms with E-state index in [1.54, 1.807) is 0 Å². The molecular weight excluding hydrogens is 250 g/mol. The molecule has 20 heavy (non-hydrogen) atoms. The van der Waals surface area contributed by atoms with Gasteiger partial charge < -0.3 is 11.1 Å². The van der Waals surface area contributed by atoms with E-state index in [1.807, 2.05) is 39.1 Å². The van der Waals surface area contributed by atoms with Crippen molar-refractivity contribution < 1.29 is 4.79 Å². The SMILES string of the molecule is CCCCN(C)C(CC)C(=O)Nc1ccc(C)c(N)c1. The molecule has 1 rings (SSSR count). The van der Waals surface area contributed by atoms with Gasteiger partial charge in [0, 0.05) is 11.4 Å². The fraction of sp³-hybridized carbons (Fsp3) is 0.562. The minimum Gasteiger partial charge on any atom is -0.398 e. The number of benzene rings is 1. The number of rotatable bonds is 7. The molecule has 0 bridgehead atoms. The third-order valence-corrected chi connectivity index (χ3v) is 3.63. The molecule has 0 aromatic heterocycles. The maximum Gasteiger partial charge on any atom is 0.241 e. The molecule has 1 amide bonds. The van der Waals surface area contributed by atoms with Gasteiger partial charge >= 0.3 is 0 Å². The fourth-order valence-corrected chi connectivity index (χ4v) is 2.20. The van der Waals surface area contributed by atoms with E-state index in [1.165, 1.54) is 0 Å². The molecule has 1 unspecified atom stereocenters. The number of nitrogens with two attached hydrogens (primary N) is 1. The molecule has 112 valence electrons. The summed E-state index contributed by atoms with van der Waals surface area (Å²) in [5, 5.41) is 2.96. The van der Waals surface area contributed by atoms with E-state index >= 15 is 0 Å². The first kappa shape index (κ1) is 16.5.